The molecule has 4 nitrogen and oxygen atoms in total. The van der Waals surface area contributed by atoms with Gasteiger partial charge < -0.3 is 5.32 Å². The monoisotopic (exact) mass is 348 g/mol. The van der Waals surface area contributed by atoms with E-state index in [1.807, 2.05) is 23.0 Å². The lowest BCUT2D eigenvalue weighted by Gasteiger charge is -2.05. The van der Waals surface area contributed by atoms with Gasteiger partial charge in [0.15, 0.2) is 5.82 Å². The molecule has 1 saturated carbocycles. The van der Waals surface area contributed by atoms with Gasteiger partial charge in [-0.1, -0.05) is 0 Å². The van der Waals surface area contributed by atoms with Gasteiger partial charge in [0, 0.05) is 22.4 Å². The molecular weight excluding hydrogens is 328 g/mol. The number of rotatable bonds is 6. The van der Waals surface area contributed by atoms with Crippen molar-refractivity contribution >= 4 is 15.9 Å². The predicted octanol–water partition coefficient (Wildman–Crippen LogP) is 3.33. The van der Waals surface area contributed by atoms with E-state index in [4.69, 9.17) is 0 Å². The Morgan fingerprint density at radius 3 is 2.81 bits per heavy atom. The van der Waals surface area contributed by atoms with Gasteiger partial charge in [-0.2, -0.15) is 5.10 Å². The van der Waals surface area contributed by atoms with Crippen LogP contribution in [0, 0.1) is 13.8 Å². The molecule has 0 radical (unpaired) electrons. The average molecular weight is 349 g/mol. The molecule has 0 atom stereocenters. The smallest absolute Gasteiger partial charge is 0.153 e. The Morgan fingerprint density at radius 2 is 2.14 bits per heavy atom. The van der Waals surface area contributed by atoms with Gasteiger partial charge in [0.1, 0.15) is 0 Å². The van der Waals surface area contributed by atoms with Gasteiger partial charge in [-0.25, -0.2) is 9.67 Å². The minimum atomic E-state index is 0.793. The summed E-state index contributed by atoms with van der Waals surface area (Å²) in [6, 6.07) is 4.78. The summed E-state index contributed by atoms with van der Waals surface area (Å²) in [6.07, 6.45) is 6.76. The van der Waals surface area contributed by atoms with E-state index in [0.29, 0.717) is 0 Å². The van der Waals surface area contributed by atoms with Crippen molar-refractivity contribution in [1.29, 1.82) is 0 Å². The molecule has 2 aromatic heterocycles. The summed E-state index contributed by atoms with van der Waals surface area (Å²) < 4.78 is 2.94. The maximum Gasteiger partial charge on any atom is 0.153 e. The van der Waals surface area contributed by atoms with Crippen LogP contribution in [0.1, 0.15) is 36.2 Å². The summed E-state index contributed by atoms with van der Waals surface area (Å²) in [4.78, 5) is 4.43. The van der Waals surface area contributed by atoms with E-state index in [0.717, 1.165) is 41.4 Å². The van der Waals surface area contributed by atoms with Gasteiger partial charge in [0.25, 0.3) is 0 Å². The summed E-state index contributed by atoms with van der Waals surface area (Å²) in [5.41, 5.74) is 3.68. The second-order valence-corrected chi connectivity index (χ2v) is 6.64. The predicted molar refractivity (Wildman–Crippen MR) is 87.9 cm³/mol. The van der Waals surface area contributed by atoms with Crippen molar-refractivity contribution in [1.82, 2.24) is 20.1 Å². The summed E-state index contributed by atoms with van der Waals surface area (Å²) in [7, 11) is 0. The van der Waals surface area contributed by atoms with E-state index in [1.54, 1.807) is 0 Å². The van der Waals surface area contributed by atoms with Crippen LogP contribution in [0.5, 0.6) is 0 Å². The second kappa shape index (κ2) is 6.28. The van der Waals surface area contributed by atoms with Crippen molar-refractivity contribution in [3.63, 3.8) is 0 Å². The first-order valence-corrected chi connectivity index (χ1v) is 8.35. The van der Waals surface area contributed by atoms with Crippen molar-refractivity contribution in [3.8, 4) is 5.82 Å². The van der Waals surface area contributed by atoms with Crippen LogP contribution in [-0.2, 0) is 6.42 Å². The van der Waals surface area contributed by atoms with E-state index in [-0.39, 0.29) is 0 Å². The van der Waals surface area contributed by atoms with Gasteiger partial charge in [0.2, 0.25) is 0 Å². The zero-order valence-electron chi connectivity index (χ0n) is 12.6. The number of nitrogens with zero attached hydrogens (tertiary/aromatic N) is 3. The molecule has 5 heteroatoms. The molecule has 1 aliphatic carbocycles. The summed E-state index contributed by atoms with van der Waals surface area (Å²) in [5, 5.41) is 8.22. The van der Waals surface area contributed by atoms with Crippen LogP contribution in [0.25, 0.3) is 5.82 Å². The molecule has 0 bridgehead atoms. The van der Waals surface area contributed by atoms with Crippen LogP contribution in [0.4, 0.5) is 0 Å². The van der Waals surface area contributed by atoms with E-state index in [1.165, 1.54) is 24.1 Å². The third-order valence-electron chi connectivity index (χ3n) is 3.98. The Bertz CT molecular complexity index is 614. The highest BCUT2D eigenvalue weighted by atomic mass is 79.9. The molecule has 112 valence electrons. The SMILES string of the molecule is Cc1nn(-c2ccc(Br)cn2)c(C)c1CCCNC1CC1. The molecule has 0 aliphatic heterocycles. The summed E-state index contributed by atoms with van der Waals surface area (Å²) in [5.74, 6) is 0.876. The summed E-state index contributed by atoms with van der Waals surface area (Å²) >= 11 is 3.42. The standard InChI is InChI=1S/C16H21BrN4/c1-11-15(4-3-9-18-14-6-7-14)12(2)21(20-11)16-8-5-13(17)10-19-16/h5,8,10,14,18H,3-4,6-7,9H2,1-2H3. The number of hydrogen-bond acceptors (Lipinski definition) is 3. The maximum atomic E-state index is 4.65. The Balaban J connectivity index is 1.70. The van der Waals surface area contributed by atoms with Crippen molar-refractivity contribution in [3.05, 3.63) is 39.8 Å². The number of hydrogen-bond donors (Lipinski definition) is 1. The van der Waals surface area contributed by atoms with E-state index in [2.05, 4.69) is 45.2 Å². The normalized spacial score (nSPS) is 14.6. The van der Waals surface area contributed by atoms with E-state index >= 15 is 0 Å². The van der Waals surface area contributed by atoms with Crippen LogP contribution in [0.15, 0.2) is 22.8 Å². The van der Waals surface area contributed by atoms with Gasteiger partial charge in [-0.05, 0) is 79.7 Å². The first-order chi connectivity index (χ1) is 10.1. The van der Waals surface area contributed by atoms with Gasteiger partial charge >= 0.3 is 0 Å². The topological polar surface area (TPSA) is 42.7 Å². The molecule has 0 spiro atoms. The maximum absolute atomic E-state index is 4.65. The highest BCUT2D eigenvalue weighted by Gasteiger charge is 2.20. The molecular formula is C16H21BrN4. The van der Waals surface area contributed by atoms with E-state index in [9.17, 15) is 0 Å². The van der Waals surface area contributed by atoms with Gasteiger partial charge in [-0.3, -0.25) is 0 Å². The van der Waals surface area contributed by atoms with Gasteiger partial charge in [0.05, 0.1) is 5.69 Å². The fourth-order valence-electron chi connectivity index (χ4n) is 2.61. The number of nitrogens with one attached hydrogen (secondary N) is 1. The Kier molecular flexibility index (Phi) is 4.40. The zero-order valence-corrected chi connectivity index (χ0v) is 14.2. The molecule has 1 aliphatic rings. The quantitative estimate of drug-likeness (QED) is 0.814. The number of aromatic nitrogens is 3. The third kappa shape index (κ3) is 3.52. The molecule has 1 N–H and O–H groups in total. The van der Waals surface area contributed by atoms with Crippen molar-refractivity contribution in [2.24, 2.45) is 0 Å². The molecule has 0 amide bonds. The lowest BCUT2D eigenvalue weighted by atomic mass is 10.1. The lowest BCUT2D eigenvalue weighted by Crippen LogP contribution is -2.18. The Hall–Kier alpha value is -1.20. The highest BCUT2D eigenvalue weighted by Crippen LogP contribution is 2.20. The van der Waals surface area contributed by atoms with Crippen LogP contribution in [-0.4, -0.2) is 27.4 Å². The molecule has 0 saturated heterocycles. The van der Waals surface area contributed by atoms with Crippen molar-refractivity contribution < 1.29 is 0 Å². The van der Waals surface area contributed by atoms with Crippen LogP contribution >= 0.6 is 15.9 Å². The Morgan fingerprint density at radius 1 is 1.33 bits per heavy atom. The number of halogens is 1. The van der Waals surface area contributed by atoms with Crippen LogP contribution < -0.4 is 5.32 Å². The highest BCUT2D eigenvalue weighted by molar-refractivity contribution is 9.10. The summed E-state index contributed by atoms with van der Waals surface area (Å²) in [6.45, 7) is 5.32. The third-order valence-corrected chi connectivity index (χ3v) is 4.45. The second-order valence-electron chi connectivity index (χ2n) is 5.73. The van der Waals surface area contributed by atoms with E-state index < -0.39 is 0 Å². The molecule has 0 aromatic carbocycles. The molecule has 21 heavy (non-hydrogen) atoms. The van der Waals surface area contributed by atoms with Crippen LogP contribution in [0.3, 0.4) is 0 Å². The minimum Gasteiger partial charge on any atom is -0.314 e. The fourth-order valence-corrected chi connectivity index (χ4v) is 2.85. The molecule has 2 aromatic rings. The van der Waals surface area contributed by atoms with Crippen molar-refractivity contribution in [2.75, 3.05) is 6.54 Å². The number of pyridine rings is 1. The first kappa shape index (κ1) is 14.7. The molecule has 3 rings (SSSR count). The average Bonchev–Trinajstić information content (AvgIpc) is 3.25. The van der Waals surface area contributed by atoms with Crippen molar-refractivity contribution in [2.45, 2.75) is 45.6 Å². The van der Waals surface area contributed by atoms with Crippen LogP contribution in [0.2, 0.25) is 0 Å². The minimum absolute atomic E-state index is 0.793. The Labute approximate surface area is 134 Å². The first-order valence-electron chi connectivity index (χ1n) is 7.55. The van der Waals surface area contributed by atoms with Gasteiger partial charge in [-0.15, -0.1) is 0 Å². The fraction of sp³-hybridized carbons (Fsp3) is 0.500. The lowest BCUT2D eigenvalue weighted by molar-refractivity contribution is 0.644. The molecule has 0 unspecified atom stereocenters. The number of aryl methyl sites for hydroxylation is 1. The molecule has 2 heterocycles. The largest absolute Gasteiger partial charge is 0.314 e. The zero-order chi connectivity index (χ0) is 14.8. The molecule has 1 fully saturated rings.